The number of hydrogen-bond donors (Lipinski definition) is 3. The molecular weight excluding hydrogens is 394 g/mol. The Balaban J connectivity index is 1.54. The van der Waals surface area contributed by atoms with E-state index < -0.39 is 11.8 Å². The first-order valence-corrected chi connectivity index (χ1v) is 10.8. The van der Waals surface area contributed by atoms with Crippen molar-refractivity contribution in [3.8, 4) is 5.75 Å². The summed E-state index contributed by atoms with van der Waals surface area (Å²) in [7, 11) is 0. The number of ether oxygens (including phenoxy) is 1. The molecule has 0 bridgehead atoms. The quantitative estimate of drug-likeness (QED) is 0.655. The van der Waals surface area contributed by atoms with E-state index in [0.717, 1.165) is 42.0 Å². The summed E-state index contributed by atoms with van der Waals surface area (Å²) in [6.07, 6.45) is 3.96. The number of amides is 2. The first kappa shape index (κ1) is 21.0. The number of fused-ring (bicyclic) bond motifs is 1. The molecule has 2 amide bonds. The van der Waals surface area contributed by atoms with Crippen LogP contribution in [0.1, 0.15) is 43.9 Å². The number of benzene rings is 1. The number of pyridine rings is 1. The van der Waals surface area contributed by atoms with Gasteiger partial charge in [0.25, 0.3) is 0 Å². The highest BCUT2D eigenvalue weighted by atomic mass is 16.5. The molecule has 0 spiro atoms. The molecule has 2 aromatic rings. The number of carbonyl (C=O) groups is 2. The van der Waals surface area contributed by atoms with Crippen LogP contribution in [-0.4, -0.2) is 41.4 Å². The van der Waals surface area contributed by atoms with Crippen molar-refractivity contribution >= 4 is 29.0 Å². The highest BCUT2D eigenvalue weighted by Crippen LogP contribution is 2.37. The molecule has 2 aliphatic rings. The monoisotopic (exact) mass is 423 g/mol. The van der Waals surface area contributed by atoms with E-state index in [-0.39, 0.29) is 6.04 Å². The summed E-state index contributed by atoms with van der Waals surface area (Å²) in [5.41, 5.74) is 9.08. The normalized spacial score (nSPS) is 20.3. The second-order valence-corrected chi connectivity index (χ2v) is 8.26. The Hall–Kier alpha value is -3.29. The molecule has 1 fully saturated rings. The summed E-state index contributed by atoms with van der Waals surface area (Å²) < 4.78 is 5.77. The zero-order chi connectivity index (χ0) is 22.0. The maximum Gasteiger partial charge on any atom is 0.313 e. The average molecular weight is 424 g/mol. The number of aryl methyl sites for hydroxylation is 1. The van der Waals surface area contributed by atoms with Crippen LogP contribution in [0.5, 0.6) is 5.75 Å². The fourth-order valence-corrected chi connectivity index (χ4v) is 4.27. The Morgan fingerprint density at radius 1 is 1.32 bits per heavy atom. The number of hydrogen-bond acceptors (Lipinski definition) is 6. The van der Waals surface area contributed by atoms with Crippen molar-refractivity contribution in [3.05, 3.63) is 41.6 Å². The summed E-state index contributed by atoms with van der Waals surface area (Å²) >= 11 is 0. The van der Waals surface area contributed by atoms with Crippen molar-refractivity contribution in [2.45, 2.75) is 39.2 Å². The van der Waals surface area contributed by atoms with Gasteiger partial charge in [0.05, 0.1) is 23.6 Å². The van der Waals surface area contributed by atoms with Gasteiger partial charge in [-0.2, -0.15) is 0 Å². The summed E-state index contributed by atoms with van der Waals surface area (Å²) in [4.78, 5) is 31.8. The molecule has 3 heterocycles. The van der Waals surface area contributed by atoms with E-state index >= 15 is 0 Å². The van der Waals surface area contributed by atoms with Crippen molar-refractivity contribution in [2.75, 3.05) is 36.1 Å². The summed E-state index contributed by atoms with van der Waals surface area (Å²) in [5, 5.41) is 6.00. The third-order valence-corrected chi connectivity index (χ3v) is 5.98. The van der Waals surface area contributed by atoms with Crippen LogP contribution in [0.2, 0.25) is 0 Å². The molecule has 1 aromatic carbocycles. The lowest BCUT2D eigenvalue weighted by Crippen LogP contribution is -2.46. The van der Waals surface area contributed by atoms with Crippen molar-refractivity contribution in [2.24, 2.45) is 5.92 Å². The van der Waals surface area contributed by atoms with Crippen LogP contribution < -0.4 is 21.1 Å². The third kappa shape index (κ3) is 4.42. The number of nitrogen functional groups attached to an aromatic ring is 1. The maximum absolute atomic E-state index is 13.2. The van der Waals surface area contributed by atoms with Crippen LogP contribution >= 0.6 is 0 Å². The zero-order valence-corrected chi connectivity index (χ0v) is 18.0. The van der Waals surface area contributed by atoms with Gasteiger partial charge in [-0.1, -0.05) is 19.9 Å². The maximum atomic E-state index is 13.2. The van der Waals surface area contributed by atoms with E-state index in [1.54, 1.807) is 11.0 Å². The molecule has 1 saturated heterocycles. The van der Waals surface area contributed by atoms with Gasteiger partial charge in [0, 0.05) is 13.1 Å². The number of likely N-dealkylation sites (tertiary alicyclic amines) is 1. The number of anilines is 3. The van der Waals surface area contributed by atoms with Crippen LogP contribution in [0.4, 0.5) is 17.2 Å². The molecule has 0 unspecified atom stereocenters. The summed E-state index contributed by atoms with van der Waals surface area (Å²) in [5.74, 6) is 0.348. The molecule has 0 aliphatic carbocycles. The molecule has 8 heteroatoms. The van der Waals surface area contributed by atoms with E-state index in [9.17, 15) is 9.59 Å². The van der Waals surface area contributed by atoms with E-state index in [4.69, 9.17) is 10.5 Å². The number of nitrogens with one attached hydrogen (secondary N) is 2. The average Bonchev–Trinajstić information content (AvgIpc) is 2.79. The van der Waals surface area contributed by atoms with Gasteiger partial charge in [0.15, 0.2) is 0 Å². The molecule has 1 aromatic heterocycles. The molecule has 0 saturated carbocycles. The first-order valence-electron chi connectivity index (χ1n) is 10.8. The lowest BCUT2D eigenvalue weighted by atomic mass is 9.89. The highest BCUT2D eigenvalue weighted by Gasteiger charge is 2.34. The fourth-order valence-electron chi connectivity index (χ4n) is 4.27. The van der Waals surface area contributed by atoms with Gasteiger partial charge in [-0.05, 0) is 54.5 Å². The van der Waals surface area contributed by atoms with Crippen LogP contribution in [0.25, 0.3) is 0 Å². The van der Waals surface area contributed by atoms with Gasteiger partial charge in [0.1, 0.15) is 18.2 Å². The van der Waals surface area contributed by atoms with Crippen LogP contribution in [0.3, 0.4) is 0 Å². The molecule has 2 aliphatic heterocycles. The minimum absolute atomic E-state index is 0.166. The summed E-state index contributed by atoms with van der Waals surface area (Å²) in [6.45, 7) is 5.98. The zero-order valence-electron chi connectivity index (χ0n) is 18.0. The number of aromatic nitrogens is 1. The van der Waals surface area contributed by atoms with Crippen molar-refractivity contribution < 1.29 is 14.3 Å². The Morgan fingerprint density at radius 2 is 2.16 bits per heavy atom. The SMILES string of the molecule is CCc1cc(NC(=O)C(=O)N2C[C@@H](C)CC[C@@H]2c2ccc3c(c2)OCCN3)cnc1N. The lowest BCUT2D eigenvalue weighted by molar-refractivity contribution is -0.146. The second kappa shape index (κ2) is 8.83. The van der Waals surface area contributed by atoms with E-state index in [1.165, 1.54) is 6.20 Å². The van der Waals surface area contributed by atoms with Gasteiger partial charge in [-0.3, -0.25) is 9.59 Å². The van der Waals surface area contributed by atoms with Gasteiger partial charge < -0.3 is 26.0 Å². The molecular formula is C23H29N5O3. The van der Waals surface area contributed by atoms with Gasteiger partial charge >= 0.3 is 11.8 Å². The Bertz CT molecular complexity index is 993. The number of piperidine rings is 1. The van der Waals surface area contributed by atoms with E-state index in [0.29, 0.717) is 37.0 Å². The number of nitrogens with zero attached hydrogens (tertiary/aromatic N) is 2. The largest absolute Gasteiger partial charge is 0.490 e. The predicted molar refractivity (Wildman–Crippen MR) is 120 cm³/mol. The minimum Gasteiger partial charge on any atom is -0.490 e. The fraction of sp³-hybridized carbons (Fsp3) is 0.435. The first-order chi connectivity index (χ1) is 15.0. The second-order valence-electron chi connectivity index (χ2n) is 8.26. The summed E-state index contributed by atoms with van der Waals surface area (Å²) in [6, 6.07) is 7.57. The van der Waals surface area contributed by atoms with Gasteiger partial charge in [-0.15, -0.1) is 0 Å². The molecule has 2 atom stereocenters. The van der Waals surface area contributed by atoms with E-state index in [1.807, 2.05) is 25.1 Å². The Labute approximate surface area is 182 Å². The number of nitrogens with two attached hydrogens (primary N) is 1. The number of rotatable bonds is 3. The lowest BCUT2D eigenvalue weighted by Gasteiger charge is -2.39. The van der Waals surface area contributed by atoms with Crippen molar-refractivity contribution in [3.63, 3.8) is 0 Å². The van der Waals surface area contributed by atoms with E-state index in [2.05, 4.69) is 22.5 Å². The number of carbonyl (C=O) groups excluding carboxylic acids is 2. The third-order valence-electron chi connectivity index (χ3n) is 5.98. The van der Waals surface area contributed by atoms with Gasteiger partial charge in [-0.25, -0.2) is 4.98 Å². The molecule has 0 radical (unpaired) electrons. The Kier molecular flexibility index (Phi) is 5.97. The minimum atomic E-state index is -0.663. The molecule has 8 nitrogen and oxygen atoms in total. The molecule has 4 rings (SSSR count). The molecule has 31 heavy (non-hydrogen) atoms. The molecule has 164 valence electrons. The standard InChI is InChI=1S/C23H29N5O3/c1-3-15-10-17(12-26-21(15)24)27-22(29)23(30)28-13-14(2)4-7-19(28)16-5-6-18-20(11-16)31-9-8-25-18/h5-6,10-12,14,19,25H,3-4,7-9,13H2,1-2H3,(H2,24,26)(H,27,29)/t14-,19+/m0/s1. The van der Waals surface area contributed by atoms with Crippen LogP contribution in [0.15, 0.2) is 30.5 Å². The topological polar surface area (TPSA) is 110 Å². The Morgan fingerprint density at radius 3 is 2.97 bits per heavy atom. The van der Waals surface area contributed by atoms with Gasteiger partial charge in [0.2, 0.25) is 0 Å². The van der Waals surface area contributed by atoms with Crippen molar-refractivity contribution in [1.82, 2.24) is 9.88 Å². The van der Waals surface area contributed by atoms with Crippen LogP contribution in [0, 0.1) is 5.92 Å². The van der Waals surface area contributed by atoms with Crippen LogP contribution in [-0.2, 0) is 16.0 Å². The highest BCUT2D eigenvalue weighted by molar-refractivity contribution is 6.39. The van der Waals surface area contributed by atoms with Crippen molar-refractivity contribution in [1.29, 1.82) is 0 Å². The molecule has 4 N–H and O–H groups in total. The smallest absolute Gasteiger partial charge is 0.313 e. The predicted octanol–water partition coefficient (Wildman–Crippen LogP) is 2.97.